The largest absolute Gasteiger partial charge is 0.479 e. The van der Waals surface area contributed by atoms with Crippen LogP contribution in [0.1, 0.15) is 24.6 Å². The first-order chi connectivity index (χ1) is 9.11. The second-order valence-corrected chi connectivity index (χ2v) is 5.49. The van der Waals surface area contributed by atoms with Crippen molar-refractivity contribution in [3.05, 3.63) is 22.4 Å². The number of aliphatic carboxylic acids is 1. The Labute approximate surface area is 115 Å². The molecule has 0 aliphatic carbocycles. The molecule has 1 N–H and O–H groups in total. The molecule has 0 spiro atoms. The van der Waals surface area contributed by atoms with E-state index in [9.17, 15) is 9.59 Å². The maximum atomic E-state index is 12.3. The summed E-state index contributed by atoms with van der Waals surface area (Å²) >= 11 is 1.60. The smallest absolute Gasteiger partial charge is 0.332 e. The fourth-order valence-corrected chi connectivity index (χ4v) is 2.86. The summed E-state index contributed by atoms with van der Waals surface area (Å²) in [6.07, 6.45) is -0.561. The Morgan fingerprint density at radius 2 is 2.21 bits per heavy atom. The van der Waals surface area contributed by atoms with Gasteiger partial charge in [0, 0.05) is 11.4 Å². The van der Waals surface area contributed by atoms with Crippen LogP contribution in [0.2, 0.25) is 0 Å². The van der Waals surface area contributed by atoms with Crippen LogP contribution in [0.15, 0.2) is 17.5 Å². The van der Waals surface area contributed by atoms with Crippen LogP contribution in [-0.2, 0) is 20.9 Å². The van der Waals surface area contributed by atoms with Crippen LogP contribution in [0.25, 0.3) is 0 Å². The van der Waals surface area contributed by atoms with E-state index in [1.165, 1.54) is 0 Å². The fourth-order valence-electron chi connectivity index (χ4n) is 2.14. The Morgan fingerprint density at radius 1 is 1.47 bits per heavy atom. The zero-order valence-electron chi connectivity index (χ0n) is 10.7. The van der Waals surface area contributed by atoms with Crippen molar-refractivity contribution in [3.8, 4) is 0 Å². The van der Waals surface area contributed by atoms with Crippen LogP contribution in [0.4, 0.5) is 0 Å². The number of carboxylic acid groups (broad SMARTS) is 1. The molecule has 5 nitrogen and oxygen atoms in total. The van der Waals surface area contributed by atoms with Gasteiger partial charge in [-0.3, -0.25) is 4.79 Å². The van der Waals surface area contributed by atoms with Gasteiger partial charge in [0.25, 0.3) is 5.91 Å². The van der Waals surface area contributed by atoms with Gasteiger partial charge in [0.2, 0.25) is 0 Å². The Kier molecular flexibility index (Phi) is 4.55. The van der Waals surface area contributed by atoms with E-state index in [2.05, 4.69) is 0 Å². The molecule has 104 valence electrons. The van der Waals surface area contributed by atoms with Crippen molar-refractivity contribution in [1.82, 2.24) is 4.90 Å². The average molecular weight is 283 g/mol. The van der Waals surface area contributed by atoms with E-state index in [0.29, 0.717) is 25.9 Å². The van der Waals surface area contributed by atoms with Gasteiger partial charge in [0.1, 0.15) is 6.10 Å². The highest BCUT2D eigenvalue weighted by molar-refractivity contribution is 7.09. The Bertz CT molecular complexity index is 446. The molecule has 1 saturated heterocycles. The number of amides is 1. The molecule has 6 heteroatoms. The fraction of sp³-hybridized carbons (Fsp3) is 0.538. The molecule has 0 saturated carbocycles. The number of hydrogen-bond donors (Lipinski definition) is 1. The summed E-state index contributed by atoms with van der Waals surface area (Å²) in [4.78, 5) is 25.9. The van der Waals surface area contributed by atoms with Gasteiger partial charge in [-0.25, -0.2) is 4.79 Å². The van der Waals surface area contributed by atoms with Crippen LogP contribution in [0, 0.1) is 0 Å². The first kappa shape index (κ1) is 14.0. The molecule has 19 heavy (non-hydrogen) atoms. The topological polar surface area (TPSA) is 66.8 Å². The summed E-state index contributed by atoms with van der Waals surface area (Å²) in [5.41, 5.74) is 0. The number of rotatable bonds is 5. The van der Waals surface area contributed by atoms with Gasteiger partial charge in [-0.15, -0.1) is 11.3 Å². The van der Waals surface area contributed by atoms with Gasteiger partial charge in [-0.2, -0.15) is 0 Å². The maximum Gasteiger partial charge on any atom is 0.332 e. The number of carboxylic acids is 1. The molecular formula is C13H17NO4S. The highest BCUT2D eigenvalue weighted by Gasteiger charge is 2.36. The number of ether oxygens (including phenoxy) is 1. The lowest BCUT2D eigenvalue weighted by Gasteiger charge is -2.23. The predicted molar refractivity (Wildman–Crippen MR) is 70.9 cm³/mol. The van der Waals surface area contributed by atoms with E-state index >= 15 is 0 Å². The van der Waals surface area contributed by atoms with Gasteiger partial charge in [-0.1, -0.05) is 6.07 Å². The van der Waals surface area contributed by atoms with Crippen molar-refractivity contribution in [2.45, 2.75) is 38.5 Å². The van der Waals surface area contributed by atoms with Gasteiger partial charge in [0.15, 0.2) is 6.10 Å². The molecule has 0 bridgehead atoms. The van der Waals surface area contributed by atoms with Gasteiger partial charge < -0.3 is 14.7 Å². The standard InChI is InChI=1S/C13H17NO4S/c1-2-14(8-9-4-3-7-19-9)12(15)10-5-6-11(18-10)13(16)17/h3-4,7,10-11H,2,5-6,8H2,1H3,(H,16,17). The van der Waals surface area contributed by atoms with Crippen molar-refractivity contribution < 1.29 is 19.4 Å². The molecule has 1 aromatic rings. The molecular weight excluding hydrogens is 266 g/mol. The Morgan fingerprint density at radius 3 is 2.74 bits per heavy atom. The van der Waals surface area contributed by atoms with Crippen molar-refractivity contribution >= 4 is 23.2 Å². The zero-order chi connectivity index (χ0) is 13.8. The number of carbonyl (C=O) groups excluding carboxylic acids is 1. The van der Waals surface area contributed by atoms with E-state index in [0.717, 1.165) is 4.88 Å². The molecule has 1 aromatic heterocycles. The minimum absolute atomic E-state index is 0.111. The van der Waals surface area contributed by atoms with E-state index in [-0.39, 0.29) is 5.91 Å². The summed E-state index contributed by atoms with van der Waals surface area (Å²) in [5.74, 6) is -1.10. The monoisotopic (exact) mass is 283 g/mol. The second kappa shape index (κ2) is 6.16. The van der Waals surface area contributed by atoms with Gasteiger partial charge in [0.05, 0.1) is 6.54 Å². The third-order valence-corrected chi connectivity index (χ3v) is 4.05. The molecule has 0 radical (unpaired) electrons. The zero-order valence-corrected chi connectivity index (χ0v) is 11.6. The summed E-state index contributed by atoms with van der Waals surface area (Å²) < 4.78 is 5.30. The molecule has 2 atom stereocenters. The maximum absolute atomic E-state index is 12.3. The first-order valence-electron chi connectivity index (χ1n) is 6.31. The summed E-state index contributed by atoms with van der Waals surface area (Å²) in [5, 5.41) is 10.8. The number of likely N-dealkylation sites (N-methyl/N-ethyl adjacent to an activating group) is 1. The van der Waals surface area contributed by atoms with Crippen LogP contribution in [0.3, 0.4) is 0 Å². The molecule has 1 fully saturated rings. The highest BCUT2D eigenvalue weighted by atomic mass is 32.1. The van der Waals surface area contributed by atoms with Gasteiger partial charge in [-0.05, 0) is 31.2 Å². The number of carbonyl (C=O) groups is 2. The van der Waals surface area contributed by atoms with E-state index < -0.39 is 18.2 Å². The number of nitrogens with zero attached hydrogens (tertiary/aromatic N) is 1. The highest BCUT2D eigenvalue weighted by Crippen LogP contribution is 2.22. The molecule has 1 aliphatic heterocycles. The number of hydrogen-bond acceptors (Lipinski definition) is 4. The lowest BCUT2D eigenvalue weighted by Crippen LogP contribution is -2.39. The van der Waals surface area contributed by atoms with Crippen LogP contribution < -0.4 is 0 Å². The Balaban J connectivity index is 1.95. The van der Waals surface area contributed by atoms with Gasteiger partial charge >= 0.3 is 5.97 Å². The van der Waals surface area contributed by atoms with Crippen molar-refractivity contribution in [3.63, 3.8) is 0 Å². The third-order valence-electron chi connectivity index (χ3n) is 3.19. The average Bonchev–Trinajstić information content (AvgIpc) is 3.06. The quantitative estimate of drug-likeness (QED) is 0.893. The molecule has 1 aliphatic rings. The molecule has 1 amide bonds. The predicted octanol–water partition coefficient (Wildman–Crippen LogP) is 1.73. The summed E-state index contributed by atoms with van der Waals surface area (Å²) in [6, 6.07) is 3.93. The van der Waals surface area contributed by atoms with Crippen LogP contribution in [-0.4, -0.2) is 40.6 Å². The molecule has 2 unspecified atom stereocenters. The van der Waals surface area contributed by atoms with Crippen LogP contribution >= 0.6 is 11.3 Å². The minimum Gasteiger partial charge on any atom is -0.479 e. The van der Waals surface area contributed by atoms with Crippen LogP contribution in [0.5, 0.6) is 0 Å². The van der Waals surface area contributed by atoms with E-state index in [4.69, 9.17) is 9.84 Å². The molecule has 2 heterocycles. The summed E-state index contributed by atoms with van der Waals surface area (Å²) in [7, 11) is 0. The summed E-state index contributed by atoms with van der Waals surface area (Å²) in [6.45, 7) is 3.06. The minimum atomic E-state index is -0.989. The first-order valence-corrected chi connectivity index (χ1v) is 7.19. The SMILES string of the molecule is CCN(Cc1cccs1)C(=O)C1CCC(C(=O)O)O1. The normalized spacial score (nSPS) is 22.4. The third kappa shape index (κ3) is 3.33. The van der Waals surface area contributed by atoms with Crippen molar-refractivity contribution in [2.24, 2.45) is 0 Å². The van der Waals surface area contributed by atoms with Crippen molar-refractivity contribution in [1.29, 1.82) is 0 Å². The Hall–Kier alpha value is -1.40. The molecule has 2 rings (SSSR count). The lowest BCUT2D eigenvalue weighted by atomic mass is 10.2. The number of thiophene rings is 1. The van der Waals surface area contributed by atoms with E-state index in [1.807, 2.05) is 24.4 Å². The van der Waals surface area contributed by atoms with Crippen molar-refractivity contribution in [2.75, 3.05) is 6.54 Å². The lowest BCUT2D eigenvalue weighted by molar-refractivity contribution is -0.154. The molecule has 0 aromatic carbocycles. The second-order valence-electron chi connectivity index (χ2n) is 4.46. The van der Waals surface area contributed by atoms with E-state index in [1.54, 1.807) is 16.2 Å².